The third-order valence-electron chi connectivity index (χ3n) is 3.63. The van der Waals surface area contributed by atoms with Gasteiger partial charge in [-0.25, -0.2) is 4.98 Å². The van der Waals surface area contributed by atoms with Crippen LogP contribution in [0.15, 0.2) is 46.9 Å². The van der Waals surface area contributed by atoms with Crippen molar-refractivity contribution in [2.45, 2.75) is 12.2 Å². The Hall–Kier alpha value is -1.63. The van der Waals surface area contributed by atoms with Crippen molar-refractivity contribution in [3.05, 3.63) is 52.6 Å². The molecule has 1 saturated heterocycles. The summed E-state index contributed by atoms with van der Waals surface area (Å²) in [5, 5.41) is 3.34. The van der Waals surface area contributed by atoms with Crippen LogP contribution in [0.2, 0.25) is 0 Å². The predicted molar refractivity (Wildman–Crippen MR) is 90.9 cm³/mol. The molecule has 2 heterocycles. The van der Waals surface area contributed by atoms with E-state index < -0.39 is 0 Å². The van der Waals surface area contributed by atoms with Crippen LogP contribution in [-0.2, 0) is 4.74 Å². The number of ether oxygens (including phenoxy) is 3. The lowest BCUT2D eigenvalue weighted by molar-refractivity contribution is -0.0450. The van der Waals surface area contributed by atoms with E-state index >= 15 is 0 Å². The summed E-state index contributed by atoms with van der Waals surface area (Å²) in [6.45, 7) is 2.22. The maximum Gasteiger partial charge on any atom is 0.213 e. The monoisotopic (exact) mass is 378 g/mol. The minimum Gasteiger partial charge on any atom is -0.481 e. The molecule has 2 aromatic rings. The Morgan fingerprint density at radius 1 is 1.26 bits per heavy atom. The van der Waals surface area contributed by atoms with Crippen molar-refractivity contribution >= 4 is 15.9 Å². The second-order valence-corrected chi connectivity index (χ2v) is 6.04. The smallest absolute Gasteiger partial charge is 0.213 e. The van der Waals surface area contributed by atoms with Gasteiger partial charge in [0.1, 0.15) is 11.9 Å². The summed E-state index contributed by atoms with van der Waals surface area (Å²) in [6, 6.07) is 13.4. The molecule has 5 nitrogen and oxygen atoms in total. The van der Waals surface area contributed by atoms with Crippen LogP contribution in [-0.4, -0.2) is 37.9 Å². The van der Waals surface area contributed by atoms with Gasteiger partial charge < -0.3 is 19.5 Å². The summed E-state index contributed by atoms with van der Waals surface area (Å²) in [7, 11) is 1.61. The van der Waals surface area contributed by atoms with Crippen LogP contribution in [0.5, 0.6) is 11.6 Å². The first-order valence-corrected chi connectivity index (χ1v) is 8.31. The van der Waals surface area contributed by atoms with Gasteiger partial charge in [-0.3, -0.25) is 0 Å². The maximum absolute atomic E-state index is 6.24. The summed E-state index contributed by atoms with van der Waals surface area (Å²) in [6.07, 6.45) is -0.438. The molecular formula is C17H19BrN2O3. The highest BCUT2D eigenvalue weighted by Crippen LogP contribution is 2.31. The van der Waals surface area contributed by atoms with Crippen LogP contribution in [0, 0.1) is 0 Å². The predicted octanol–water partition coefficient (Wildman–Crippen LogP) is 2.96. The van der Waals surface area contributed by atoms with Gasteiger partial charge in [0, 0.05) is 19.2 Å². The van der Waals surface area contributed by atoms with Gasteiger partial charge in [-0.2, -0.15) is 0 Å². The van der Waals surface area contributed by atoms with E-state index in [4.69, 9.17) is 14.2 Å². The third kappa shape index (κ3) is 4.02. The molecule has 0 aliphatic carbocycles. The van der Waals surface area contributed by atoms with Crippen molar-refractivity contribution in [1.82, 2.24) is 10.3 Å². The van der Waals surface area contributed by atoms with E-state index in [-0.39, 0.29) is 12.2 Å². The Morgan fingerprint density at radius 2 is 2.13 bits per heavy atom. The highest BCUT2D eigenvalue weighted by atomic mass is 79.9. The van der Waals surface area contributed by atoms with Gasteiger partial charge in [0.05, 0.1) is 23.9 Å². The lowest BCUT2D eigenvalue weighted by atomic mass is 10.1. The number of morpholine rings is 1. The van der Waals surface area contributed by atoms with E-state index in [0.29, 0.717) is 19.0 Å². The molecule has 6 heteroatoms. The molecule has 122 valence electrons. The fourth-order valence-electron chi connectivity index (χ4n) is 2.49. The molecule has 1 aromatic carbocycles. The van der Waals surface area contributed by atoms with Crippen LogP contribution in [0.1, 0.15) is 11.8 Å². The van der Waals surface area contributed by atoms with Crippen molar-refractivity contribution in [3.63, 3.8) is 0 Å². The quantitative estimate of drug-likeness (QED) is 0.866. The van der Waals surface area contributed by atoms with E-state index in [1.165, 1.54) is 0 Å². The molecule has 2 unspecified atom stereocenters. The van der Waals surface area contributed by atoms with Gasteiger partial charge in [-0.05, 0) is 34.1 Å². The fraction of sp³-hybridized carbons (Fsp3) is 0.353. The average molecular weight is 379 g/mol. The Bertz CT molecular complexity index is 647. The third-order valence-corrected chi connectivity index (χ3v) is 4.29. The van der Waals surface area contributed by atoms with Crippen molar-refractivity contribution in [2.75, 3.05) is 26.8 Å². The summed E-state index contributed by atoms with van der Waals surface area (Å²) < 4.78 is 18.3. The minimum absolute atomic E-state index is 0.115. The lowest BCUT2D eigenvalue weighted by Crippen LogP contribution is -2.43. The second kappa shape index (κ2) is 7.77. The van der Waals surface area contributed by atoms with Crippen molar-refractivity contribution < 1.29 is 14.2 Å². The minimum atomic E-state index is -0.323. The number of rotatable bonds is 5. The van der Waals surface area contributed by atoms with Gasteiger partial charge >= 0.3 is 0 Å². The largest absolute Gasteiger partial charge is 0.481 e. The lowest BCUT2D eigenvalue weighted by Gasteiger charge is -2.31. The van der Waals surface area contributed by atoms with E-state index in [9.17, 15) is 0 Å². The van der Waals surface area contributed by atoms with Crippen LogP contribution >= 0.6 is 15.9 Å². The van der Waals surface area contributed by atoms with Gasteiger partial charge in [-0.15, -0.1) is 0 Å². The SMILES string of the molecule is COc1cccc(C(Oc2ccccc2Br)C2CNCCO2)n1. The van der Waals surface area contributed by atoms with Crippen LogP contribution in [0.25, 0.3) is 0 Å². The summed E-state index contributed by atoms with van der Waals surface area (Å²) >= 11 is 3.52. The zero-order valence-corrected chi connectivity index (χ0v) is 14.5. The first-order valence-electron chi connectivity index (χ1n) is 7.52. The number of benzene rings is 1. The Morgan fingerprint density at radius 3 is 2.87 bits per heavy atom. The van der Waals surface area contributed by atoms with Gasteiger partial charge in [0.15, 0.2) is 6.10 Å². The molecule has 0 bridgehead atoms. The number of nitrogens with zero attached hydrogens (tertiary/aromatic N) is 1. The van der Waals surface area contributed by atoms with Gasteiger partial charge in [0.25, 0.3) is 0 Å². The second-order valence-electron chi connectivity index (χ2n) is 5.19. The molecule has 3 rings (SSSR count). The number of pyridine rings is 1. The number of hydrogen-bond donors (Lipinski definition) is 1. The van der Waals surface area contributed by atoms with Crippen LogP contribution in [0.4, 0.5) is 0 Å². The van der Waals surface area contributed by atoms with Crippen molar-refractivity contribution in [3.8, 4) is 11.6 Å². The summed E-state index contributed by atoms with van der Waals surface area (Å²) in [5.41, 5.74) is 0.786. The molecular weight excluding hydrogens is 360 g/mol. The topological polar surface area (TPSA) is 52.6 Å². The van der Waals surface area contributed by atoms with Crippen molar-refractivity contribution in [1.29, 1.82) is 0 Å². The zero-order chi connectivity index (χ0) is 16.1. The molecule has 1 aliphatic heterocycles. The van der Waals surface area contributed by atoms with E-state index in [1.807, 2.05) is 42.5 Å². The highest BCUT2D eigenvalue weighted by Gasteiger charge is 2.29. The summed E-state index contributed by atoms with van der Waals surface area (Å²) in [5.74, 6) is 1.32. The number of nitrogens with one attached hydrogen (secondary N) is 1. The Kier molecular flexibility index (Phi) is 5.48. The van der Waals surface area contributed by atoms with Crippen LogP contribution < -0.4 is 14.8 Å². The molecule has 1 aromatic heterocycles. The van der Waals surface area contributed by atoms with Gasteiger partial charge in [0.2, 0.25) is 5.88 Å². The highest BCUT2D eigenvalue weighted by molar-refractivity contribution is 9.10. The normalized spacial score (nSPS) is 19.1. The average Bonchev–Trinajstić information content (AvgIpc) is 2.62. The molecule has 2 atom stereocenters. The number of methoxy groups -OCH3 is 1. The van der Waals surface area contributed by atoms with E-state index in [0.717, 1.165) is 22.5 Å². The number of hydrogen-bond acceptors (Lipinski definition) is 5. The molecule has 1 fully saturated rings. The van der Waals surface area contributed by atoms with E-state index in [1.54, 1.807) is 7.11 Å². The molecule has 1 N–H and O–H groups in total. The first kappa shape index (κ1) is 16.2. The molecule has 0 saturated carbocycles. The molecule has 23 heavy (non-hydrogen) atoms. The summed E-state index contributed by atoms with van der Waals surface area (Å²) in [4.78, 5) is 4.52. The fourth-order valence-corrected chi connectivity index (χ4v) is 2.87. The zero-order valence-electron chi connectivity index (χ0n) is 12.9. The molecule has 0 spiro atoms. The standard InChI is InChI=1S/C17H19BrN2O3/c1-21-16-8-4-6-13(20-16)17(15-11-19-9-10-22-15)23-14-7-3-2-5-12(14)18/h2-8,15,17,19H,9-11H2,1H3. The van der Waals surface area contributed by atoms with E-state index in [2.05, 4.69) is 26.2 Å². The maximum atomic E-state index is 6.24. The molecule has 0 amide bonds. The Balaban J connectivity index is 1.91. The van der Waals surface area contributed by atoms with Crippen molar-refractivity contribution in [2.24, 2.45) is 0 Å². The first-order chi connectivity index (χ1) is 11.3. The number of halogens is 1. The molecule has 1 aliphatic rings. The number of aromatic nitrogens is 1. The van der Waals surface area contributed by atoms with Gasteiger partial charge in [-0.1, -0.05) is 18.2 Å². The number of para-hydroxylation sites is 1. The Labute approximate surface area is 144 Å². The molecule has 0 radical (unpaired) electrons. The van der Waals surface area contributed by atoms with Crippen LogP contribution in [0.3, 0.4) is 0 Å².